The number of anilines is 1. The van der Waals surface area contributed by atoms with Crippen molar-refractivity contribution in [3.05, 3.63) is 57.1 Å². The molecule has 1 N–H and O–H groups in total. The van der Waals surface area contributed by atoms with Crippen molar-refractivity contribution in [2.75, 3.05) is 19.5 Å². The second-order valence-electron chi connectivity index (χ2n) is 5.22. The van der Waals surface area contributed by atoms with Crippen LogP contribution in [0.15, 0.2) is 46.9 Å². The van der Waals surface area contributed by atoms with E-state index < -0.39 is 18.3 Å². The maximum atomic E-state index is 12.4. The van der Waals surface area contributed by atoms with Crippen LogP contribution in [0.3, 0.4) is 0 Å². The molecule has 0 heterocycles. The molecule has 8 nitrogen and oxygen atoms in total. The Hall–Kier alpha value is -1.93. The SMILES string of the molecule is COP(=O)(OC)C(C)Nc1cc(Oc2ccc(Br)cc2)ccc1[N+](=O)[O-]. The molecule has 26 heavy (non-hydrogen) atoms. The van der Waals surface area contributed by atoms with Crippen molar-refractivity contribution in [2.45, 2.75) is 12.7 Å². The molecule has 1 atom stereocenters. The Morgan fingerprint density at radius 1 is 1.12 bits per heavy atom. The van der Waals surface area contributed by atoms with E-state index in [0.29, 0.717) is 11.5 Å². The highest BCUT2D eigenvalue weighted by atomic mass is 79.9. The minimum absolute atomic E-state index is 0.145. The van der Waals surface area contributed by atoms with Crippen LogP contribution >= 0.6 is 23.5 Å². The second kappa shape index (κ2) is 8.64. The number of nitrogens with zero attached hydrogens (tertiary/aromatic N) is 1. The first-order chi connectivity index (χ1) is 12.3. The number of nitrogens with one attached hydrogen (secondary N) is 1. The average Bonchev–Trinajstić information content (AvgIpc) is 2.62. The van der Waals surface area contributed by atoms with Gasteiger partial charge in [-0.2, -0.15) is 0 Å². The number of rotatable bonds is 8. The predicted octanol–water partition coefficient (Wildman–Crippen LogP) is 5.39. The van der Waals surface area contributed by atoms with Gasteiger partial charge in [0.1, 0.15) is 23.0 Å². The topological polar surface area (TPSA) is 99.9 Å². The molecule has 2 aromatic rings. The maximum Gasteiger partial charge on any atom is 0.351 e. The van der Waals surface area contributed by atoms with E-state index in [1.807, 2.05) is 12.1 Å². The normalized spacial score (nSPS) is 12.5. The first-order valence-corrected chi connectivity index (χ1v) is 9.89. The molecule has 0 aliphatic carbocycles. The number of hydrogen-bond acceptors (Lipinski definition) is 7. The standard InChI is InChI=1S/C16H18BrN2O6P/c1-11(26(22,23-2)24-3)18-15-10-14(8-9-16(15)19(20)21)25-13-6-4-12(17)5-7-13/h4-11,18H,1-3H3. The molecule has 2 aromatic carbocycles. The molecule has 1 unspecified atom stereocenters. The largest absolute Gasteiger partial charge is 0.457 e. The van der Waals surface area contributed by atoms with Gasteiger partial charge in [-0.3, -0.25) is 14.7 Å². The summed E-state index contributed by atoms with van der Waals surface area (Å²) in [5.41, 5.74) is -0.0369. The van der Waals surface area contributed by atoms with E-state index in [9.17, 15) is 14.7 Å². The van der Waals surface area contributed by atoms with Crippen LogP contribution in [0.4, 0.5) is 11.4 Å². The molecule has 0 bridgehead atoms. The molecule has 0 aliphatic heterocycles. The molecule has 2 rings (SSSR count). The first-order valence-electron chi connectivity index (χ1n) is 7.48. The summed E-state index contributed by atoms with van der Waals surface area (Å²) in [6.45, 7) is 1.56. The van der Waals surface area contributed by atoms with E-state index in [2.05, 4.69) is 21.2 Å². The van der Waals surface area contributed by atoms with Crippen molar-refractivity contribution in [2.24, 2.45) is 0 Å². The summed E-state index contributed by atoms with van der Waals surface area (Å²) >= 11 is 3.34. The number of hydrogen-bond donors (Lipinski definition) is 1. The van der Waals surface area contributed by atoms with E-state index in [0.717, 1.165) is 4.47 Å². The van der Waals surface area contributed by atoms with Crippen LogP contribution in [0.5, 0.6) is 11.5 Å². The minimum Gasteiger partial charge on any atom is -0.457 e. The van der Waals surface area contributed by atoms with Gasteiger partial charge in [-0.1, -0.05) is 15.9 Å². The van der Waals surface area contributed by atoms with Crippen molar-refractivity contribution < 1.29 is 23.3 Å². The molecular weight excluding hydrogens is 427 g/mol. The van der Waals surface area contributed by atoms with Gasteiger partial charge in [0.25, 0.3) is 5.69 Å². The van der Waals surface area contributed by atoms with Crippen molar-refractivity contribution in [1.82, 2.24) is 0 Å². The molecule has 0 radical (unpaired) electrons. The number of nitro groups is 1. The van der Waals surface area contributed by atoms with Gasteiger partial charge in [0.15, 0.2) is 0 Å². The van der Waals surface area contributed by atoms with Gasteiger partial charge in [-0.05, 0) is 37.3 Å². The van der Waals surface area contributed by atoms with E-state index in [1.165, 1.54) is 32.4 Å². The fraction of sp³-hybridized carbons (Fsp3) is 0.250. The highest BCUT2D eigenvalue weighted by molar-refractivity contribution is 9.10. The zero-order valence-corrected chi connectivity index (χ0v) is 16.8. The quantitative estimate of drug-likeness (QED) is 0.330. The van der Waals surface area contributed by atoms with Crippen LogP contribution in [0.1, 0.15) is 6.92 Å². The third-order valence-electron chi connectivity index (χ3n) is 3.56. The van der Waals surface area contributed by atoms with Crippen LogP contribution in [0.2, 0.25) is 0 Å². The second-order valence-corrected chi connectivity index (χ2v) is 8.72. The summed E-state index contributed by atoms with van der Waals surface area (Å²) in [5, 5.41) is 14.1. The summed E-state index contributed by atoms with van der Waals surface area (Å²) in [6.07, 6.45) is 0. The first kappa shape index (κ1) is 20.4. The van der Waals surface area contributed by atoms with Gasteiger partial charge in [-0.15, -0.1) is 0 Å². The van der Waals surface area contributed by atoms with Crippen molar-refractivity contribution >= 4 is 34.9 Å². The summed E-state index contributed by atoms with van der Waals surface area (Å²) in [6, 6.07) is 11.4. The molecule has 0 saturated heterocycles. The smallest absolute Gasteiger partial charge is 0.351 e. The lowest BCUT2D eigenvalue weighted by Crippen LogP contribution is -2.18. The molecule has 0 fully saturated rings. The molecule has 0 aliphatic rings. The lowest BCUT2D eigenvalue weighted by molar-refractivity contribution is -0.384. The molecule has 10 heteroatoms. The Morgan fingerprint density at radius 2 is 1.69 bits per heavy atom. The number of ether oxygens (including phenoxy) is 1. The van der Waals surface area contributed by atoms with Crippen LogP contribution in [0, 0.1) is 10.1 Å². The van der Waals surface area contributed by atoms with E-state index >= 15 is 0 Å². The van der Waals surface area contributed by atoms with Gasteiger partial charge >= 0.3 is 7.60 Å². The monoisotopic (exact) mass is 444 g/mol. The minimum atomic E-state index is -3.45. The van der Waals surface area contributed by atoms with Gasteiger partial charge in [0, 0.05) is 30.8 Å². The molecule has 0 amide bonds. The molecule has 0 saturated carbocycles. The molecule has 0 spiro atoms. The van der Waals surface area contributed by atoms with Crippen molar-refractivity contribution in [1.29, 1.82) is 0 Å². The molecule has 0 aromatic heterocycles. The highest BCUT2D eigenvalue weighted by Gasteiger charge is 2.31. The van der Waals surface area contributed by atoms with Crippen molar-refractivity contribution in [3.8, 4) is 11.5 Å². The zero-order valence-electron chi connectivity index (χ0n) is 14.3. The van der Waals surface area contributed by atoms with Crippen molar-refractivity contribution in [3.63, 3.8) is 0 Å². The lowest BCUT2D eigenvalue weighted by atomic mass is 10.2. The summed E-state index contributed by atoms with van der Waals surface area (Å²) < 4.78 is 28.9. The predicted molar refractivity (Wildman–Crippen MR) is 102 cm³/mol. The average molecular weight is 445 g/mol. The highest BCUT2D eigenvalue weighted by Crippen LogP contribution is 2.52. The van der Waals surface area contributed by atoms with Gasteiger partial charge in [-0.25, -0.2) is 0 Å². The summed E-state index contributed by atoms with van der Waals surface area (Å²) in [5.74, 6) is 0.150. The van der Waals surface area contributed by atoms with Crippen LogP contribution in [0.25, 0.3) is 0 Å². The fourth-order valence-electron chi connectivity index (χ4n) is 2.19. The third kappa shape index (κ3) is 4.82. The number of halogens is 1. The Kier molecular flexibility index (Phi) is 6.77. The summed E-state index contributed by atoms with van der Waals surface area (Å²) in [7, 11) is -0.947. The Morgan fingerprint density at radius 3 is 2.23 bits per heavy atom. The summed E-state index contributed by atoms with van der Waals surface area (Å²) in [4.78, 5) is 10.7. The van der Waals surface area contributed by atoms with Gasteiger partial charge in [0.2, 0.25) is 0 Å². The number of benzene rings is 2. The van der Waals surface area contributed by atoms with Crippen LogP contribution in [-0.2, 0) is 13.6 Å². The van der Waals surface area contributed by atoms with E-state index in [1.54, 1.807) is 19.1 Å². The van der Waals surface area contributed by atoms with E-state index in [4.69, 9.17) is 13.8 Å². The lowest BCUT2D eigenvalue weighted by Gasteiger charge is -2.22. The fourth-order valence-corrected chi connectivity index (χ4v) is 3.53. The maximum absolute atomic E-state index is 12.4. The van der Waals surface area contributed by atoms with Gasteiger partial charge in [0.05, 0.1) is 4.92 Å². The van der Waals surface area contributed by atoms with Crippen LogP contribution < -0.4 is 10.1 Å². The molecule has 140 valence electrons. The van der Waals surface area contributed by atoms with Gasteiger partial charge < -0.3 is 19.1 Å². The van der Waals surface area contributed by atoms with Crippen LogP contribution in [-0.4, -0.2) is 24.9 Å². The zero-order chi connectivity index (χ0) is 19.3. The Bertz CT molecular complexity index is 822. The van der Waals surface area contributed by atoms with E-state index in [-0.39, 0.29) is 11.4 Å². The molecular formula is C16H18BrN2O6P. The third-order valence-corrected chi connectivity index (χ3v) is 6.19. The number of nitro benzene ring substituents is 1. The Balaban J connectivity index is 2.32. The Labute approximate surface area is 159 Å².